The largest absolute Gasteiger partial charge is 0.370 e. The summed E-state index contributed by atoms with van der Waals surface area (Å²) in [5.74, 6) is 1.01. The quantitative estimate of drug-likeness (QED) is 0.761. The van der Waals surface area contributed by atoms with Crippen LogP contribution < -0.4 is 16.0 Å². The predicted molar refractivity (Wildman–Crippen MR) is 105 cm³/mol. The molecule has 0 bridgehead atoms. The molecule has 0 amide bonds. The topological polar surface area (TPSA) is 48.5 Å². The summed E-state index contributed by atoms with van der Waals surface area (Å²) >= 11 is 6.12. The van der Waals surface area contributed by atoms with Gasteiger partial charge in [-0.1, -0.05) is 35.9 Å². The second-order valence-electron chi connectivity index (χ2n) is 6.80. The fourth-order valence-electron chi connectivity index (χ4n) is 3.64. The summed E-state index contributed by atoms with van der Waals surface area (Å²) < 4.78 is 0. The van der Waals surface area contributed by atoms with Crippen molar-refractivity contribution < 1.29 is 0 Å². The number of halogens is 1. The van der Waals surface area contributed by atoms with E-state index in [4.69, 9.17) is 16.6 Å². The maximum Gasteiger partial charge on any atom is 0.130 e. The highest BCUT2D eigenvalue weighted by molar-refractivity contribution is 6.30. The number of nitrogens with zero attached hydrogens (tertiary/aromatic N) is 1. The Kier molecular flexibility index (Phi) is 4.64. The molecule has 1 unspecified atom stereocenters. The van der Waals surface area contributed by atoms with Crippen LogP contribution in [0.4, 0.5) is 11.4 Å². The van der Waals surface area contributed by atoms with Crippen LogP contribution >= 0.6 is 11.6 Å². The van der Waals surface area contributed by atoms with Crippen molar-refractivity contribution in [3.8, 4) is 0 Å². The van der Waals surface area contributed by atoms with Gasteiger partial charge in [0.15, 0.2) is 0 Å². The van der Waals surface area contributed by atoms with E-state index in [1.807, 2.05) is 24.3 Å². The average molecular weight is 355 g/mol. The first-order chi connectivity index (χ1) is 12.3. The number of aliphatic imine (C=N–C) groups is 1. The minimum Gasteiger partial charge on any atom is -0.370 e. The van der Waals surface area contributed by atoms with Gasteiger partial charge in [-0.15, -0.1) is 0 Å². The number of nitrogens with one attached hydrogen (secondary N) is 3. The normalized spacial score (nSPS) is 22.5. The monoisotopic (exact) mass is 354 g/mol. The molecular weight excluding hydrogens is 332 g/mol. The summed E-state index contributed by atoms with van der Waals surface area (Å²) in [6.07, 6.45) is 3.45. The first-order valence-electron chi connectivity index (χ1n) is 8.91. The number of anilines is 1. The van der Waals surface area contributed by atoms with Crippen LogP contribution in [0.3, 0.4) is 0 Å². The molecule has 4 nitrogen and oxygen atoms in total. The third-order valence-electron chi connectivity index (χ3n) is 4.95. The first kappa shape index (κ1) is 16.4. The van der Waals surface area contributed by atoms with E-state index in [9.17, 15) is 0 Å². The zero-order valence-electron chi connectivity index (χ0n) is 14.2. The van der Waals surface area contributed by atoms with Gasteiger partial charge in [-0.05, 0) is 55.6 Å². The van der Waals surface area contributed by atoms with Crippen LogP contribution in [-0.2, 0) is 6.54 Å². The van der Waals surface area contributed by atoms with Crippen molar-refractivity contribution in [2.75, 3.05) is 18.4 Å². The lowest BCUT2D eigenvalue weighted by atomic mass is 9.89. The summed E-state index contributed by atoms with van der Waals surface area (Å²) in [5, 5.41) is 11.7. The highest BCUT2D eigenvalue weighted by Gasteiger charge is 2.39. The Morgan fingerprint density at radius 1 is 1.12 bits per heavy atom. The van der Waals surface area contributed by atoms with Crippen molar-refractivity contribution in [2.24, 2.45) is 4.99 Å². The number of hydrogen-bond acceptors (Lipinski definition) is 4. The van der Waals surface area contributed by atoms with Crippen molar-refractivity contribution in [3.05, 3.63) is 59.1 Å². The molecule has 2 aromatic carbocycles. The Balaban J connectivity index is 1.64. The number of benzene rings is 2. The smallest absolute Gasteiger partial charge is 0.130 e. The van der Waals surface area contributed by atoms with E-state index in [2.05, 4.69) is 40.2 Å². The number of hydrogen-bond donors (Lipinski definition) is 3. The number of rotatable bonds is 2. The Morgan fingerprint density at radius 3 is 2.96 bits per heavy atom. The lowest BCUT2D eigenvalue weighted by Crippen LogP contribution is -2.58. The maximum atomic E-state index is 6.12. The van der Waals surface area contributed by atoms with Crippen molar-refractivity contribution in [1.29, 1.82) is 0 Å². The van der Waals surface area contributed by atoms with Gasteiger partial charge >= 0.3 is 0 Å². The highest BCUT2D eigenvalue weighted by atomic mass is 35.5. The summed E-state index contributed by atoms with van der Waals surface area (Å²) in [5.41, 5.74) is 3.08. The predicted octanol–water partition coefficient (Wildman–Crippen LogP) is 4.10. The van der Waals surface area contributed by atoms with Crippen LogP contribution in [0.25, 0.3) is 0 Å². The molecular formula is C20H23ClN4. The zero-order valence-corrected chi connectivity index (χ0v) is 14.9. The van der Waals surface area contributed by atoms with Gasteiger partial charge in [-0.25, -0.2) is 4.99 Å². The minimum absolute atomic E-state index is 0.177. The molecule has 4 rings (SSSR count). The molecule has 2 aliphatic rings. The maximum absolute atomic E-state index is 6.12. The second kappa shape index (κ2) is 7.06. The molecule has 0 radical (unpaired) electrons. The van der Waals surface area contributed by atoms with E-state index in [1.165, 1.54) is 12.8 Å². The number of fused-ring (bicyclic) bond motifs is 1. The van der Waals surface area contributed by atoms with Gasteiger partial charge in [-0.2, -0.15) is 0 Å². The van der Waals surface area contributed by atoms with E-state index in [0.717, 1.165) is 47.3 Å². The Labute approximate surface area is 153 Å². The molecule has 0 aliphatic carbocycles. The Bertz CT molecular complexity index is 779. The molecule has 3 N–H and O–H groups in total. The fourth-order valence-corrected chi connectivity index (χ4v) is 3.85. The van der Waals surface area contributed by atoms with Crippen LogP contribution in [0, 0.1) is 0 Å². The third kappa shape index (κ3) is 3.51. The molecule has 1 fully saturated rings. The molecule has 2 heterocycles. The highest BCUT2D eigenvalue weighted by Crippen LogP contribution is 2.35. The zero-order chi connectivity index (χ0) is 17.1. The molecule has 0 saturated carbocycles. The summed E-state index contributed by atoms with van der Waals surface area (Å²) in [7, 11) is 0. The van der Waals surface area contributed by atoms with Crippen molar-refractivity contribution in [3.63, 3.8) is 0 Å². The van der Waals surface area contributed by atoms with Crippen LogP contribution in [0.2, 0.25) is 5.02 Å². The Morgan fingerprint density at radius 2 is 2.04 bits per heavy atom. The fraction of sp³-hybridized carbons (Fsp3) is 0.350. The van der Waals surface area contributed by atoms with E-state index in [1.54, 1.807) is 0 Å². The second-order valence-corrected chi connectivity index (χ2v) is 7.24. The molecule has 5 heteroatoms. The molecule has 0 aromatic heterocycles. The van der Waals surface area contributed by atoms with E-state index in [-0.39, 0.29) is 5.54 Å². The molecule has 1 saturated heterocycles. The SMILES string of the molecule is Clc1cccc(CNC2=Nc3ccccc3NC23CCCCNC3)c1. The van der Waals surface area contributed by atoms with Crippen molar-refractivity contribution in [2.45, 2.75) is 31.3 Å². The van der Waals surface area contributed by atoms with Crippen molar-refractivity contribution in [1.82, 2.24) is 10.6 Å². The average Bonchev–Trinajstić information content (AvgIpc) is 2.86. The van der Waals surface area contributed by atoms with Crippen LogP contribution in [-0.4, -0.2) is 24.5 Å². The van der Waals surface area contributed by atoms with Gasteiger partial charge in [-0.3, -0.25) is 0 Å². The summed E-state index contributed by atoms with van der Waals surface area (Å²) in [6, 6.07) is 16.2. The van der Waals surface area contributed by atoms with Gasteiger partial charge < -0.3 is 16.0 Å². The molecule has 2 aromatic rings. The molecule has 1 spiro atoms. The number of para-hydroxylation sites is 2. The van der Waals surface area contributed by atoms with Crippen LogP contribution in [0.15, 0.2) is 53.5 Å². The van der Waals surface area contributed by atoms with E-state index >= 15 is 0 Å². The minimum atomic E-state index is -0.177. The first-order valence-corrected chi connectivity index (χ1v) is 9.28. The summed E-state index contributed by atoms with van der Waals surface area (Å²) in [4.78, 5) is 4.97. The van der Waals surface area contributed by atoms with Gasteiger partial charge in [0, 0.05) is 18.1 Å². The van der Waals surface area contributed by atoms with Crippen LogP contribution in [0.5, 0.6) is 0 Å². The standard InChI is InChI=1S/C20H23ClN4/c21-16-7-5-6-15(12-16)13-23-19-20(10-3-4-11-22-14-20)25-18-9-2-1-8-17(18)24-19/h1-2,5-9,12,22,25H,3-4,10-11,13-14H2,(H,23,24). The lowest BCUT2D eigenvalue weighted by molar-refractivity contribution is 0.529. The molecule has 1 atom stereocenters. The van der Waals surface area contributed by atoms with Gasteiger partial charge in [0.05, 0.1) is 11.4 Å². The van der Waals surface area contributed by atoms with Crippen molar-refractivity contribution >= 4 is 28.8 Å². The molecule has 25 heavy (non-hydrogen) atoms. The number of amidine groups is 1. The third-order valence-corrected chi connectivity index (χ3v) is 5.18. The van der Waals surface area contributed by atoms with Gasteiger partial charge in [0.2, 0.25) is 0 Å². The summed E-state index contributed by atoms with van der Waals surface area (Å²) in [6.45, 7) is 2.65. The molecule has 2 aliphatic heterocycles. The lowest BCUT2D eigenvalue weighted by Gasteiger charge is -2.39. The molecule has 130 valence electrons. The van der Waals surface area contributed by atoms with Gasteiger partial charge in [0.25, 0.3) is 0 Å². The van der Waals surface area contributed by atoms with Gasteiger partial charge in [0.1, 0.15) is 11.4 Å². The Hall–Kier alpha value is -2.04. The van der Waals surface area contributed by atoms with E-state index in [0.29, 0.717) is 6.54 Å². The van der Waals surface area contributed by atoms with E-state index < -0.39 is 0 Å². The van der Waals surface area contributed by atoms with Crippen LogP contribution in [0.1, 0.15) is 24.8 Å².